The molecule has 15 heavy (non-hydrogen) atoms. The van der Waals surface area contributed by atoms with Crippen molar-refractivity contribution in [3.63, 3.8) is 0 Å². The van der Waals surface area contributed by atoms with Crippen molar-refractivity contribution in [2.45, 2.75) is 37.6 Å². The maximum atomic E-state index is 3.53. The molecular formula is C13H21NS. The largest absolute Gasteiger partial charge is 0.310 e. The van der Waals surface area contributed by atoms with Crippen molar-refractivity contribution in [2.24, 2.45) is 0 Å². The SMILES string of the molecule is CCCC(NCC)c1ccc(SC)cc1. The van der Waals surface area contributed by atoms with E-state index in [-0.39, 0.29) is 0 Å². The maximum absolute atomic E-state index is 3.53. The number of hydrogen-bond donors (Lipinski definition) is 1. The fraction of sp³-hybridized carbons (Fsp3) is 0.538. The Hall–Kier alpha value is -0.470. The van der Waals surface area contributed by atoms with Crippen LogP contribution in [0.25, 0.3) is 0 Å². The van der Waals surface area contributed by atoms with Gasteiger partial charge in [0.25, 0.3) is 0 Å². The molecule has 1 aromatic rings. The number of benzene rings is 1. The molecule has 1 aromatic carbocycles. The number of nitrogens with one attached hydrogen (secondary N) is 1. The van der Waals surface area contributed by atoms with Crippen molar-refractivity contribution in [3.8, 4) is 0 Å². The van der Waals surface area contributed by atoms with Gasteiger partial charge < -0.3 is 5.32 Å². The van der Waals surface area contributed by atoms with Gasteiger partial charge in [-0.15, -0.1) is 11.8 Å². The van der Waals surface area contributed by atoms with Gasteiger partial charge in [0.2, 0.25) is 0 Å². The van der Waals surface area contributed by atoms with Crippen molar-refractivity contribution in [2.75, 3.05) is 12.8 Å². The number of rotatable bonds is 6. The van der Waals surface area contributed by atoms with Crippen molar-refractivity contribution < 1.29 is 0 Å². The predicted octanol–water partition coefficient (Wildman–Crippen LogP) is 3.86. The molecule has 0 amide bonds. The summed E-state index contributed by atoms with van der Waals surface area (Å²) in [6.07, 6.45) is 4.55. The lowest BCUT2D eigenvalue weighted by Gasteiger charge is -2.17. The summed E-state index contributed by atoms with van der Waals surface area (Å²) in [5.41, 5.74) is 1.41. The Kier molecular flexibility index (Phi) is 5.81. The molecule has 0 saturated heterocycles. The predicted molar refractivity (Wildman–Crippen MR) is 69.5 cm³/mol. The van der Waals surface area contributed by atoms with Crippen LogP contribution in [0.5, 0.6) is 0 Å². The molecule has 0 spiro atoms. The molecule has 1 rings (SSSR count). The van der Waals surface area contributed by atoms with Gasteiger partial charge in [-0.25, -0.2) is 0 Å². The van der Waals surface area contributed by atoms with E-state index in [1.807, 2.05) is 0 Å². The van der Waals surface area contributed by atoms with E-state index in [1.165, 1.54) is 23.3 Å². The second-order valence-electron chi connectivity index (χ2n) is 3.67. The van der Waals surface area contributed by atoms with Gasteiger partial charge in [-0.05, 0) is 36.9 Å². The molecule has 1 atom stereocenters. The first-order valence-corrected chi connectivity index (χ1v) is 6.91. The summed E-state index contributed by atoms with van der Waals surface area (Å²) in [5, 5.41) is 3.53. The zero-order valence-corrected chi connectivity index (χ0v) is 10.7. The van der Waals surface area contributed by atoms with Gasteiger partial charge in [0.15, 0.2) is 0 Å². The maximum Gasteiger partial charge on any atom is 0.0320 e. The minimum Gasteiger partial charge on any atom is -0.310 e. The summed E-state index contributed by atoms with van der Waals surface area (Å²) in [5.74, 6) is 0. The Morgan fingerprint density at radius 3 is 2.33 bits per heavy atom. The second-order valence-corrected chi connectivity index (χ2v) is 4.55. The topological polar surface area (TPSA) is 12.0 Å². The Bertz CT molecular complexity index is 262. The van der Waals surface area contributed by atoms with Gasteiger partial charge in [-0.3, -0.25) is 0 Å². The molecule has 0 aliphatic carbocycles. The van der Waals surface area contributed by atoms with E-state index >= 15 is 0 Å². The fourth-order valence-corrected chi connectivity index (χ4v) is 2.17. The first-order chi connectivity index (χ1) is 7.31. The van der Waals surface area contributed by atoms with Crippen molar-refractivity contribution in [1.82, 2.24) is 5.32 Å². The standard InChI is InChI=1S/C13H21NS/c1-4-6-13(14-5-2)11-7-9-12(15-3)10-8-11/h7-10,13-14H,4-6H2,1-3H3. The molecular weight excluding hydrogens is 202 g/mol. The highest BCUT2D eigenvalue weighted by atomic mass is 32.2. The van der Waals surface area contributed by atoms with E-state index in [1.54, 1.807) is 11.8 Å². The van der Waals surface area contributed by atoms with Crippen LogP contribution >= 0.6 is 11.8 Å². The second kappa shape index (κ2) is 6.91. The number of thioether (sulfide) groups is 1. The molecule has 1 nitrogen and oxygen atoms in total. The average Bonchev–Trinajstić information content (AvgIpc) is 2.29. The Morgan fingerprint density at radius 2 is 1.87 bits per heavy atom. The minimum absolute atomic E-state index is 0.524. The number of hydrogen-bond acceptors (Lipinski definition) is 2. The molecule has 0 radical (unpaired) electrons. The van der Waals surface area contributed by atoms with Crippen LogP contribution in [-0.4, -0.2) is 12.8 Å². The lowest BCUT2D eigenvalue weighted by molar-refractivity contribution is 0.509. The monoisotopic (exact) mass is 223 g/mol. The molecule has 2 heteroatoms. The third kappa shape index (κ3) is 3.88. The van der Waals surface area contributed by atoms with Crippen LogP contribution in [0.2, 0.25) is 0 Å². The summed E-state index contributed by atoms with van der Waals surface area (Å²) < 4.78 is 0. The van der Waals surface area contributed by atoms with Crippen molar-refractivity contribution in [3.05, 3.63) is 29.8 Å². The molecule has 0 fully saturated rings. The van der Waals surface area contributed by atoms with Crippen LogP contribution in [0.3, 0.4) is 0 Å². The first-order valence-electron chi connectivity index (χ1n) is 5.69. The lowest BCUT2D eigenvalue weighted by atomic mass is 10.0. The third-order valence-corrected chi connectivity index (χ3v) is 3.29. The normalized spacial score (nSPS) is 12.7. The molecule has 1 unspecified atom stereocenters. The fourth-order valence-electron chi connectivity index (χ4n) is 1.76. The summed E-state index contributed by atoms with van der Waals surface area (Å²) in [7, 11) is 0. The van der Waals surface area contributed by atoms with E-state index in [0.29, 0.717) is 6.04 Å². The van der Waals surface area contributed by atoms with Crippen molar-refractivity contribution >= 4 is 11.8 Å². The molecule has 84 valence electrons. The van der Waals surface area contributed by atoms with E-state index in [0.717, 1.165) is 6.54 Å². The molecule has 1 N–H and O–H groups in total. The summed E-state index contributed by atoms with van der Waals surface area (Å²) >= 11 is 1.80. The molecule has 0 heterocycles. The molecule has 0 aromatic heterocycles. The highest BCUT2D eigenvalue weighted by molar-refractivity contribution is 7.98. The van der Waals surface area contributed by atoms with E-state index in [2.05, 4.69) is 49.7 Å². The van der Waals surface area contributed by atoms with Crippen LogP contribution in [0.1, 0.15) is 38.3 Å². The first kappa shape index (κ1) is 12.6. The van der Waals surface area contributed by atoms with Gasteiger partial charge in [0, 0.05) is 10.9 Å². The lowest BCUT2D eigenvalue weighted by Crippen LogP contribution is -2.20. The molecule has 0 aliphatic rings. The minimum atomic E-state index is 0.524. The summed E-state index contributed by atoms with van der Waals surface area (Å²) in [6.45, 7) is 5.44. The van der Waals surface area contributed by atoms with Crippen LogP contribution in [0.4, 0.5) is 0 Å². The van der Waals surface area contributed by atoms with E-state index in [4.69, 9.17) is 0 Å². The molecule has 0 bridgehead atoms. The van der Waals surface area contributed by atoms with Crippen LogP contribution < -0.4 is 5.32 Å². The van der Waals surface area contributed by atoms with Gasteiger partial charge in [0.1, 0.15) is 0 Å². The van der Waals surface area contributed by atoms with Gasteiger partial charge in [-0.1, -0.05) is 32.4 Å². The summed E-state index contributed by atoms with van der Waals surface area (Å²) in [4.78, 5) is 1.34. The Balaban J connectivity index is 2.72. The Labute approximate surface area is 97.7 Å². The van der Waals surface area contributed by atoms with Gasteiger partial charge >= 0.3 is 0 Å². The van der Waals surface area contributed by atoms with Crippen LogP contribution in [0, 0.1) is 0 Å². The van der Waals surface area contributed by atoms with E-state index < -0.39 is 0 Å². The quantitative estimate of drug-likeness (QED) is 0.735. The van der Waals surface area contributed by atoms with Crippen LogP contribution in [-0.2, 0) is 0 Å². The van der Waals surface area contributed by atoms with E-state index in [9.17, 15) is 0 Å². The van der Waals surface area contributed by atoms with Crippen LogP contribution in [0.15, 0.2) is 29.2 Å². The zero-order valence-electron chi connectivity index (χ0n) is 9.92. The Morgan fingerprint density at radius 1 is 1.20 bits per heavy atom. The zero-order chi connectivity index (χ0) is 11.1. The average molecular weight is 223 g/mol. The third-order valence-electron chi connectivity index (χ3n) is 2.55. The van der Waals surface area contributed by atoms with Gasteiger partial charge in [-0.2, -0.15) is 0 Å². The molecule has 0 saturated carbocycles. The highest BCUT2D eigenvalue weighted by Gasteiger charge is 2.08. The molecule has 0 aliphatic heterocycles. The summed E-state index contributed by atoms with van der Waals surface area (Å²) in [6, 6.07) is 9.43. The van der Waals surface area contributed by atoms with Crippen molar-refractivity contribution in [1.29, 1.82) is 0 Å². The highest BCUT2D eigenvalue weighted by Crippen LogP contribution is 2.21. The smallest absolute Gasteiger partial charge is 0.0320 e. The van der Waals surface area contributed by atoms with Gasteiger partial charge in [0.05, 0.1) is 0 Å².